The van der Waals surface area contributed by atoms with Crippen molar-refractivity contribution in [2.45, 2.75) is 19.5 Å². The first kappa shape index (κ1) is 11.4. The first-order valence-electron chi connectivity index (χ1n) is 5.79. The van der Waals surface area contributed by atoms with Gasteiger partial charge in [0.05, 0.1) is 0 Å². The van der Waals surface area contributed by atoms with Crippen molar-refractivity contribution in [3.8, 4) is 0 Å². The van der Waals surface area contributed by atoms with Gasteiger partial charge >= 0.3 is 0 Å². The summed E-state index contributed by atoms with van der Waals surface area (Å²) in [4.78, 5) is 4.55. The number of anilines is 1. The summed E-state index contributed by atoms with van der Waals surface area (Å²) in [5.41, 5.74) is 11.2. The van der Waals surface area contributed by atoms with Gasteiger partial charge in [0.2, 0.25) is 0 Å². The lowest BCUT2D eigenvalue weighted by Crippen LogP contribution is -2.28. The second kappa shape index (κ2) is 4.44. The van der Waals surface area contributed by atoms with Crippen LogP contribution in [0.2, 0.25) is 0 Å². The molecule has 0 saturated carbocycles. The van der Waals surface area contributed by atoms with Gasteiger partial charge in [-0.2, -0.15) is 0 Å². The molecular weight excluding hydrogens is 198 g/mol. The number of benzene rings is 1. The molecule has 16 heavy (non-hydrogen) atoms. The summed E-state index contributed by atoms with van der Waals surface area (Å²) in [5.74, 6) is 0. The van der Waals surface area contributed by atoms with Crippen LogP contribution in [0.1, 0.15) is 16.7 Å². The highest BCUT2D eigenvalue weighted by atomic mass is 15.1. The van der Waals surface area contributed by atoms with Crippen molar-refractivity contribution in [1.82, 2.24) is 9.80 Å². The average Bonchev–Trinajstić information content (AvgIpc) is 2.15. The number of fused-ring (bicyclic) bond motifs is 1. The Morgan fingerprint density at radius 2 is 2.12 bits per heavy atom. The minimum Gasteiger partial charge on any atom is -0.399 e. The highest BCUT2D eigenvalue weighted by Crippen LogP contribution is 2.25. The first-order chi connectivity index (χ1) is 7.56. The number of nitrogen functional groups attached to an aromatic ring is 1. The summed E-state index contributed by atoms with van der Waals surface area (Å²) in [6, 6.07) is 4.26. The summed E-state index contributed by atoms with van der Waals surface area (Å²) < 4.78 is 0. The van der Waals surface area contributed by atoms with Gasteiger partial charge in [0.15, 0.2) is 0 Å². The van der Waals surface area contributed by atoms with E-state index in [0.29, 0.717) is 0 Å². The van der Waals surface area contributed by atoms with Crippen LogP contribution in [0.4, 0.5) is 5.69 Å². The van der Waals surface area contributed by atoms with E-state index in [2.05, 4.69) is 43.1 Å². The third kappa shape index (κ3) is 2.36. The molecule has 2 N–H and O–H groups in total. The van der Waals surface area contributed by atoms with E-state index in [9.17, 15) is 0 Å². The van der Waals surface area contributed by atoms with Crippen molar-refractivity contribution >= 4 is 5.69 Å². The molecule has 0 aliphatic carbocycles. The van der Waals surface area contributed by atoms with Crippen molar-refractivity contribution in [3.05, 3.63) is 28.8 Å². The Kier molecular flexibility index (Phi) is 3.17. The van der Waals surface area contributed by atoms with Crippen LogP contribution in [0, 0.1) is 0 Å². The van der Waals surface area contributed by atoms with Crippen molar-refractivity contribution in [2.24, 2.45) is 0 Å². The molecule has 0 atom stereocenters. The first-order valence-corrected chi connectivity index (χ1v) is 5.79. The van der Waals surface area contributed by atoms with Gasteiger partial charge in [0.1, 0.15) is 0 Å². The summed E-state index contributed by atoms with van der Waals surface area (Å²) in [5, 5.41) is 0. The summed E-state index contributed by atoms with van der Waals surface area (Å²) in [6.45, 7) is 3.16. The lowest BCUT2D eigenvalue weighted by atomic mass is 9.93. The van der Waals surface area contributed by atoms with Crippen LogP contribution >= 0.6 is 0 Å². The predicted octanol–water partition coefficient (Wildman–Crippen LogP) is 1.32. The topological polar surface area (TPSA) is 32.5 Å². The number of hydrogen-bond donors (Lipinski definition) is 1. The Hall–Kier alpha value is -1.06. The van der Waals surface area contributed by atoms with Gasteiger partial charge < -0.3 is 15.5 Å². The fourth-order valence-corrected chi connectivity index (χ4v) is 2.44. The Balaban J connectivity index is 2.37. The van der Waals surface area contributed by atoms with Gasteiger partial charge in [0, 0.05) is 25.3 Å². The fourth-order valence-electron chi connectivity index (χ4n) is 2.44. The van der Waals surface area contributed by atoms with Crippen LogP contribution in [0.5, 0.6) is 0 Å². The highest BCUT2D eigenvalue weighted by molar-refractivity contribution is 5.50. The standard InChI is InChI=1S/C13H21N3/c1-15(2)8-10-6-12(14)7-11-9-16(3)5-4-13(10)11/h6-7H,4-5,8-9,14H2,1-3H3. The van der Waals surface area contributed by atoms with Gasteiger partial charge in [-0.3, -0.25) is 0 Å². The van der Waals surface area contributed by atoms with E-state index in [-0.39, 0.29) is 0 Å². The van der Waals surface area contributed by atoms with Crippen LogP contribution in [0.3, 0.4) is 0 Å². The van der Waals surface area contributed by atoms with Gasteiger partial charge in [-0.1, -0.05) is 0 Å². The Labute approximate surface area is 97.8 Å². The Morgan fingerprint density at radius 3 is 2.81 bits per heavy atom. The maximum Gasteiger partial charge on any atom is 0.0320 e. The van der Waals surface area contributed by atoms with Crippen molar-refractivity contribution in [2.75, 3.05) is 33.4 Å². The fraction of sp³-hybridized carbons (Fsp3) is 0.538. The molecule has 1 aromatic rings. The summed E-state index contributed by atoms with van der Waals surface area (Å²) >= 11 is 0. The van der Waals surface area contributed by atoms with E-state index in [1.54, 1.807) is 0 Å². The van der Waals surface area contributed by atoms with Gasteiger partial charge in [-0.05, 0) is 56.4 Å². The Bertz CT molecular complexity index is 385. The van der Waals surface area contributed by atoms with Gasteiger partial charge in [0.25, 0.3) is 0 Å². The largest absolute Gasteiger partial charge is 0.399 e. The molecule has 88 valence electrons. The molecule has 0 spiro atoms. The number of rotatable bonds is 2. The zero-order valence-corrected chi connectivity index (χ0v) is 10.5. The number of nitrogens with two attached hydrogens (primary N) is 1. The van der Waals surface area contributed by atoms with Crippen molar-refractivity contribution in [1.29, 1.82) is 0 Å². The highest BCUT2D eigenvalue weighted by Gasteiger charge is 2.17. The molecule has 2 rings (SSSR count). The smallest absolute Gasteiger partial charge is 0.0320 e. The minimum atomic E-state index is 0.894. The molecule has 0 amide bonds. The lowest BCUT2D eigenvalue weighted by Gasteiger charge is -2.28. The van der Waals surface area contributed by atoms with Gasteiger partial charge in [-0.25, -0.2) is 0 Å². The van der Waals surface area contributed by atoms with Gasteiger partial charge in [-0.15, -0.1) is 0 Å². The van der Waals surface area contributed by atoms with E-state index in [1.807, 2.05) is 0 Å². The predicted molar refractivity (Wildman–Crippen MR) is 68.3 cm³/mol. The molecule has 3 nitrogen and oxygen atoms in total. The zero-order chi connectivity index (χ0) is 11.7. The number of hydrogen-bond acceptors (Lipinski definition) is 3. The van der Waals surface area contributed by atoms with E-state index in [0.717, 1.165) is 31.7 Å². The third-order valence-electron chi connectivity index (χ3n) is 3.13. The van der Waals surface area contributed by atoms with E-state index in [1.165, 1.54) is 16.7 Å². The maximum absolute atomic E-state index is 5.97. The van der Waals surface area contributed by atoms with E-state index >= 15 is 0 Å². The summed E-state index contributed by atoms with van der Waals surface area (Å²) in [7, 11) is 6.37. The maximum atomic E-state index is 5.97. The number of nitrogens with zero attached hydrogens (tertiary/aromatic N) is 2. The van der Waals surface area contributed by atoms with Crippen LogP contribution in [-0.4, -0.2) is 37.5 Å². The lowest BCUT2D eigenvalue weighted by molar-refractivity contribution is 0.310. The molecule has 1 heterocycles. The third-order valence-corrected chi connectivity index (χ3v) is 3.13. The Morgan fingerprint density at radius 1 is 1.38 bits per heavy atom. The molecule has 0 fully saturated rings. The van der Waals surface area contributed by atoms with Crippen LogP contribution in [-0.2, 0) is 19.5 Å². The van der Waals surface area contributed by atoms with Crippen LogP contribution < -0.4 is 5.73 Å². The second-order valence-electron chi connectivity index (χ2n) is 5.04. The quantitative estimate of drug-likeness (QED) is 0.761. The van der Waals surface area contributed by atoms with Crippen LogP contribution in [0.25, 0.3) is 0 Å². The molecule has 1 aliphatic heterocycles. The molecule has 3 heteroatoms. The number of likely N-dealkylation sites (N-methyl/N-ethyl adjacent to an activating group) is 1. The monoisotopic (exact) mass is 219 g/mol. The normalized spacial score (nSPS) is 16.5. The van der Waals surface area contributed by atoms with Crippen molar-refractivity contribution in [3.63, 3.8) is 0 Å². The molecule has 0 saturated heterocycles. The molecule has 1 aromatic carbocycles. The second-order valence-corrected chi connectivity index (χ2v) is 5.04. The average molecular weight is 219 g/mol. The molecular formula is C13H21N3. The molecule has 0 unspecified atom stereocenters. The van der Waals surface area contributed by atoms with Crippen molar-refractivity contribution < 1.29 is 0 Å². The molecule has 0 aromatic heterocycles. The SMILES string of the molecule is CN(C)Cc1cc(N)cc2c1CCN(C)C2. The van der Waals surface area contributed by atoms with E-state index < -0.39 is 0 Å². The molecule has 1 aliphatic rings. The van der Waals surface area contributed by atoms with Crippen LogP contribution in [0.15, 0.2) is 12.1 Å². The van der Waals surface area contributed by atoms with E-state index in [4.69, 9.17) is 5.73 Å². The summed E-state index contributed by atoms with van der Waals surface area (Å²) in [6.07, 6.45) is 1.15. The minimum absolute atomic E-state index is 0.894. The molecule has 0 bridgehead atoms. The molecule has 0 radical (unpaired) electrons. The zero-order valence-electron chi connectivity index (χ0n) is 10.5.